The zero-order valence-corrected chi connectivity index (χ0v) is 17.7. The molecular weight excluding hydrogens is 456 g/mol. The first-order valence-corrected chi connectivity index (χ1v) is 10.4. The molecule has 0 atom stereocenters. The molecule has 150 valence electrons. The average molecular weight is 471 g/mol. The lowest BCUT2D eigenvalue weighted by molar-refractivity contribution is 0.0925. The number of halogens is 1. The Morgan fingerprint density at radius 1 is 0.742 bits per heavy atom. The van der Waals surface area contributed by atoms with Crippen molar-refractivity contribution in [2.24, 2.45) is 0 Å². The van der Waals surface area contributed by atoms with E-state index in [1.54, 1.807) is 54.6 Å². The van der Waals surface area contributed by atoms with Gasteiger partial charge in [-0.15, -0.1) is 0 Å². The maximum absolute atomic E-state index is 13.0. The molecule has 0 spiro atoms. The first-order valence-electron chi connectivity index (χ1n) is 9.61. The van der Waals surface area contributed by atoms with E-state index in [9.17, 15) is 14.4 Å². The summed E-state index contributed by atoms with van der Waals surface area (Å²) < 4.78 is 0.910. The van der Waals surface area contributed by atoms with Crippen LogP contribution in [0.4, 0.5) is 11.4 Å². The Hall–Kier alpha value is -3.77. The van der Waals surface area contributed by atoms with Gasteiger partial charge in [0.15, 0.2) is 0 Å². The highest BCUT2D eigenvalue weighted by Crippen LogP contribution is 2.31. The molecule has 4 aromatic rings. The number of hydrogen-bond donors (Lipinski definition) is 1. The third-order valence-corrected chi connectivity index (χ3v) is 5.96. The Morgan fingerprint density at radius 3 is 2.13 bits per heavy atom. The third kappa shape index (κ3) is 3.21. The molecule has 1 aliphatic heterocycles. The molecule has 0 saturated heterocycles. The predicted octanol–water partition coefficient (Wildman–Crippen LogP) is 5.66. The van der Waals surface area contributed by atoms with E-state index in [2.05, 4.69) is 21.2 Å². The summed E-state index contributed by atoms with van der Waals surface area (Å²) in [4.78, 5) is 39.6. The number of carbonyl (C=O) groups is 3. The van der Waals surface area contributed by atoms with Crippen molar-refractivity contribution < 1.29 is 14.4 Å². The topological polar surface area (TPSA) is 66.5 Å². The highest BCUT2D eigenvalue weighted by Gasteiger charge is 2.36. The molecule has 5 nitrogen and oxygen atoms in total. The Labute approximate surface area is 186 Å². The quantitative estimate of drug-likeness (QED) is 0.393. The van der Waals surface area contributed by atoms with Crippen molar-refractivity contribution >= 4 is 55.8 Å². The predicted molar refractivity (Wildman–Crippen MR) is 124 cm³/mol. The molecule has 0 fully saturated rings. The van der Waals surface area contributed by atoms with E-state index >= 15 is 0 Å². The van der Waals surface area contributed by atoms with Crippen molar-refractivity contribution in [2.75, 3.05) is 10.2 Å². The fourth-order valence-corrected chi connectivity index (χ4v) is 4.31. The van der Waals surface area contributed by atoms with Gasteiger partial charge in [0.1, 0.15) is 0 Å². The van der Waals surface area contributed by atoms with Gasteiger partial charge < -0.3 is 5.32 Å². The van der Waals surface area contributed by atoms with Crippen LogP contribution in [0.15, 0.2) is 89.4 Å². The fourth-order valence-electron chi connectivity index (χ4n) is 3.81. The van der Waals surface area contributed by atoms with Crippen LogP contribution in [0.5, 0.6) is 0 Å². The highest BCUT2D eigenvalue weighted by atomic mass is 79.9. The van der Waals surface area contributed by atoms with Crippen LogP contribution in [0.25, 0.3) is 10.8 Å². The monoisotopic (exact) mass is 470 g/mol. The van der Waals surface area contributed by atoms with Gasteiger partial charge in [0, 0.05) is 15.7 Å². The largest absolute Gasteiger partial charge is 0.322 e. The van der Waals surface area contributed by atoms with E-state index in [-0.39, 0.29) is 17.7 Å². The molecule has 0 unspecified atom stereocenters. The minimum Gasteiger partial charge on any atom is -0.322 e. The number of amides is 3. The standard InChI is InChI=1S/C25H15BrN2O3/c26-22-13-5-10-17-18(22)11-4-12-19(17)23(29)27-15-6-3-7-16(14-15)28-24(30)20-8-1-2-9-21(20)25(28)31/h1-14H,(H,27,29). The number of imide groups is 1. The van der Waals surface area contributed by atoms with E-state index in [1.165, 1.54) is 0 Å². The number of rotatable bonds is 3. The van der Waals surface area contributed by atoms with Crippen LogP contribution >= 0.6 is 15.9 Å². The van der Waals surface area contributed by atoms with Gasteiger partial charge in [-0.1, -0.05) is 58.4 Å². The van der Waals surface area contributed by atoms with Gasteiger partial charge in [-0.3, -0.25) is 14.4 Å². The molecule has 0 saturated carbocycles. The molecule has 31 heavy (non-hydrogen) atoms. The second-order valence-electron chi connectivity index (χ2n) is 7.14. The molecule has 0 bridgehead atoms. The number of nitrogens with one attached hydrogen (secondary N) is 1. The van der Waals surface area contributed by atoms with Crippen LogP contribution < -0.4 is 10.2 Å². The molecule has 0 radical (unpaired) electrons. The molecule has 5 rings (SSSR count). The maximum Gasteiger partial charge on any atom is 0.266 e. The molecule has 1 aliphatic rings. The lowest BCUT2D eigenvalue weighted by Crippen LogP contribution is -2.29. The van der Waals surface area contributed by atoms with Crippen LogP contribution in [0, 0.1) is 0 Å². The number of nitrogens with zero attached hydrogens (tertiary/aromatic N) is 1. The van der Waals surface area contributed by atoms with Crippen molar-refractivity contribution in [1.29, 1.82) is 0 Å². The number of carbonyl (C=O) groups excluding carboxylic acids is 3. The molecule has 4 aromatic carbocycles. The summed E-state index contributed by atoms with van der Waals surface area (Å²) in [5.74, 6) is -1.02. The van der Waals surface area contributed by atoms with Crippen molar-refractivity contribution in [3.63, 3.8) is 0 Å². The van der Waals surface area contributed by atoms with Gasteiger partial charge in [0.2, 0.25) is 0 Å². The van der Waals surface area contributed by atoms with Gasteiger partial charge in [0.05, 0.1) is 16.8 Å². The van der Waals surface area contributed by atoms with Crippen LogP contribution in [-0.4, -0.2) is 17.7 Å². The third-order valence-electron chi connectivity index (χ3n) is 5.27. The van der Waals surface area contributed by atoms with E-state index in [0.29, 0.717) is 28.1 Å². The second kappa shape index (κ2) is 7.49. The van der Waals surface area contributed by atoms with Gasteiger partial charge in [-0.2, -0.15) is 0 Å². The number of benzene rings is 4. The maximum atomic E-state index is 13.0. The van der Waals surface area contributed by atoms with E-state index in [1.807, 2.05) is 30.3 Å². The zero-order valence-electron chi connectivity index (χ0n) is 16.1. The van der Waals surface area contributed by atoms with Crippen molar-refractivity contribution in [1.82, 2.24) is 0 Å². The number of hydrogen-bond acceptors (Lipinski definition) is 3. The minimum absolute atomic E-state index is 0.275. The summed E-state index contributed by atoms with van der Waals surface area (Å²) in [7, 11) is 0. The Morgan fingerprint density at radius 2 is 1.39 bits per heavy atom. The highest BCUT2D eigenvalue weighted by molar-refractivity contribution is 9.10. The normalized spacial score (nSPS) is 12.9. The van der Waals surface area contributed by atoms with Gasteiger partial charge in [-0.25, -0.2) is 4.90 Å². The summed E-state index contributed by atoms with van der Waals surface area (Å²) in [5, 5.41) is 4.65. The van der Waals surface area contributed by atoms with Crippen molar-refractivity contribution in [2.45, 2.75) is 0 Å². The summed E-state index contributed by atoms with van der Waals surface area (Å²) in [5.41, 5.74) is 2.19. The molecule has 1 heterocycles. The molecule has 6 heteroatoms. The van der Waals surface area contributed by atoms with Gasteiger partial charge >= 0.3 is 0 Å². The average Bonchev–Trinajstić information content (AvgIpc) is 3.04. The van der Waals surface area contributed by atoms with Crippen molar-refractivity contribution in [3.05, 3.63) is 106 Å². The lowest BCUT2D eigenvalue weighted by atomic mass is 10.0. The van der Waals surface area contributed by atoms with E-state index in [4.69, 9.17) is 0 Å². The van der Waals surface area contributed by atoms with Crippen LogP contribution in [0.3, 0.4) is 0 Å². The summed E-state index contributed by atoms with van der Waals surface area (Å²) >= 11 is 3.52. The SMILES string of the molecule is O=C(Nc1cccc(N2C(=O)c3ccccc3C2=O)c1)c1cccc2c(Br)cccc12. The number of anilines is 2. The molecule has 1 N–H and O–H groups in total. The first-order chi connectivity index (χ1) is 15.0. The Balaban J connectivity index is 1.46. The summed E-state index contributed by atoms with van der Waals surface area (Å²) in [6.45, 7) is 0. The van der Waals surface area contributed by atoms with E-state index in [0.717, 1.165) is 20.1 Å². The molecule has 3 amide bonds. The first kappa shape index (κ1) is 19.2. The zero-order chi connectivity index (χ0) is 21.5. The molecule has 0 aromatic heterocycles. The molecular formula is C25H15BrN2O3. The lowest BCUT2D eigenvalue weighted by Gasteiger charge is -2.15. The smallest absolute Gasteiger partial charge is 0.266 e. The van der Waals surface area contributed by atoms with E-state index < -0.39 is 0 Å². The van der Waals surface area contributed by atoms with Gasteiger partial charge in [0.25, 0.3) is 17.7 Å². The fraction of sp³-hybridized carbons (Fsp3) is 0. The minimum atomic E-state index is -0.372. The van der Waals surface area contributed by atoms with Crippen LogP contribution in [0.2, 0.25) is 0 Å². The molecule has 0 aliphatic carbocycles. The van der Waals surface area contributed by atoms with Crippen molar-refractivity contribution in [3.8, 4) is 0 Å². The van der Waals surface area contributed by atoms with Crippen LogP contribution in [0.1, 0.15) is 31.1 Å². The Kier molecular flexibility index (Phi) is 4.64. The summed E-state index contributed by atoms with van der Waals surface area (Å²) in [6.07, 6.45) is 0. The second-order valence-corrected chi connectivity index (χ2v) is 7.99. The summed E-state index contributed by atoms with van der Waals surface area (Å²) in [6, 6.07) is 24.7. The van der Waals surface area contributed by atoms with Crippen LogP contribution in [-0.2, 0) is 0 Å². The number of fused-ring (bicyclic) bond motifs is 2. The van der Waals surface area contributed by atoms with Gasteiger partial charge in [-0.05, 0) is 53.2 Å². The Bertz CT molecular complexity index is 1360.